The number of hydrogen-bond donors (Lipinski definition) is 1. The van der Waals surface area contributed by atoms with Gasteiger partial charge in [0.1, 0.15) is 0 Å². The molecule has 0 aromatic carbocycles. The van der Waals surface area contributed by atoms with Gasteiger partial charge in [0.25, 0.3) is 0 Å². The molecule has 0 bridgehead atoms. The van der Waals surface area contributed by atoms with E-state index in [1.54, 1.807) is 13.8 Å². The Balaban J connectivity index is 3.00. The Bertz CT molecular complexity index is 362. The van der Waals surface area contributed by atoms with Crippen LogP contribution in [0.25, 0.3) is 0 Å². The van der Waals surface area contributed by atoms with Crippen molar-refractivity contribution >= 4 is 17.7 Å². The topological polar surface area (TPSA) is 85.2 Å². The van der Waals surface area contributed by atoms with Crippen LogP contribution in [-0.4, -0.2) is 36.1 Å². The third-order valence-corrected chi connectivity index (χ3v) is 3.74. The summed E-state index contributed by atoms with van der Waals surface area (Å²) in [5.74, 6) is -2.66. The Morgan fingerprint density at radius 1 is 1.14 bits per heavy atom. The molecule has 1 atom stereocenters. The minimum absolute atomic E-state index is 0.201. The van der Waals surface area contributed by atoms with E-state index in [1.165, 1.54) is 0 Å². The van der Waals surface area contributed by atoms with Gasteiger partial charge in [-0.05, 0) is 33.1 Å². The summed E-state index contributed by atoms with van der Waals surface area (Å²) in [6.45, 7) is 3.79. The van der Waals surface area contributed by atoms with E-state index in [9.17, 15) is 14.8 Å². The van der Waals surface area contributed by atoms with E-state index in [-0.39, 0.29) is 13.2 Å². The molecule has 120 valence electrons. The minimum atomic E-state index is -1.03. The van der Waals surface area contributed by atoms with E-state index in [1.807, 2.05) is 0 Å². The highest BCUT2D eigenvalue weighted by Gasteiger charge is 2.40. The van der Waals surface area contributed by atoms with Crippen molar-refractivity contribution in [2.45, 2.75) is 52.4 Å². The first-order valence-electron chi connectivity index (χ1n) is 7.69. The van der Waals surface area contributed by atoms with E-state index in [0.29, 0.717) is 18.6 Å². The Morgan fingerprint density at radius 3 is 2.24 bits per heavy atom. The fourth-order valence-corrected chi connectivity index (χ4v) is 2.75. The molecule has 1 unspecified atom stereocenters. The molecule has 0 aromatic rings. The van der Waals surface area contributed by atoms with Gasteiger partial charge >= 0.3 is 11.9 Å². The van der Waals surface area contributed by atoms with Gasteiger partial charge in [-0.15, -0.1) is 0 Å². The van der Waals surface area contributed by atoms with E-state index in [2.05, 4.69) is 5.16 Å². The van der Waals surface area contributed by atoms with Gasteiger partial charge in [-0.25, -0.2) is 0 Å². The lowest BCUT2D eigenvalue weighted by Crippen LogP contribution is -2.38. The number of oxime groups is 1. The van der Waals surface area contributed by atoms with Crippen LogP contribution in [0.5, 0.6) is 0 Å². The highest BCUT2D eigenvalue weighted by atomic mass is 16.6. The molecule has 0 spiro atoms. The quantitative estimate of drug-likeness (QED) is 0.365. The highest BCUT2D eigenvalue weighted by molar-refractivity contribution is 6.01. The van der Waals surface area contributed by atoms with Crippen LogP contribution in [-0.2, 0) is 19.1 Å². The molecule has 6 heteroatoms. The summed E-state index contributed by atoms with van der Waals surface area (Å²) in [5.41, 5.74) is 0.501. The molecule has 0 aliphatic heterocycles. The summed E-state index contributed by atoms with van der Waals surface area (Å²) in [4.78, 5) is 24.3. The molecule has 21 heavy (non-hydrogen) atoms. The zero-order valence-electron chi connectivity index (χ0n) is 12.8. The highest BCUT2D eigenvalue weighted by Crippen LogP contribution is 2.28. The fraction of sp³-hybridized carbons (Fsp3) is 0.800. The summed E-state index contributed by atoms with van der Waals surface area (Å²) < 4.78 is 10.0. The van der Waals surface area contributed by atoms with Gasteiger partial charge in [0, 0.05) is 5.92 Å². The molecular formula is C15H25NO5. The lowest BCUT2D eigenvalue weighted by molar-refractivity contribution is -0.163. The van der Waals surface area contributed by atoms with Crippen molar-refractivity contribution in [2.75, 3.05) is 13.2 Å². The summed E-state index contributed by atoms with van der Waals surface area (Å²) in [7, 11) is 0. The third-order valence-electron chi connectivity index (χ3n) is 3.74. The maximum absolute atomic E-state index is 12.2. The number of rotatable bonds is 5. The van der Waals surface area contributed by atoms with Gasteiger partial charge < -0.3 is 14.7 Å². The Morgan fingerprint density at radius 2 is 1.71 bits per heavy atom. The van der Waals surface area contributed by atoms with Gasteiger partial charge in [-0.2, -0.15) is 0 Å². The van der Waals surface area contributed by atoms with Crippen LogP contribution in [0, 0.1) is 11.8 Å². The van der Waals surface area contributed by atoms with Gasteiger partial charge in [0.05, 0.1) is 18.9 Å². The van der Waals surface area contributed by atoms with Crippen LogP contribution in [0.1, 0.15) is 52.4 Å². The third kappa shape index (κ3) is 5.02. The fourth-order valence-electron chi connectivity index (χ4n) is 2.75. The second-order valence-corrected chi connectivity index (χ2v) is 5.13. The van der Waals surface area contributed by atoms with Crippen molar-refractivity contribution in [1.29, 1.82) is 0 Å². The predicted octanol–water partition coefficient (Wildman–Crippen LogP) is 2.53. The van der Waals surface area contributed by atoms with Gasteiger partial charge in [-0.1, -0.05) is 24.4 Å². The Kier molecular flexibility index (Phi) is 7.79. The number of ether oxygens (including phenoxy) is 2. The van der Waals surface area contributed by atoms with Gasteiger partial charge in [-0.3, -0.25) is 9.59 Å². The van der Waals surface area contributed by atoms with Crippen molar-refractivity contribution in [1.82, 2.24) is 0 Å². The molecule has 0 heterocycles. The normalized spacial score (nSPS) is 21.7. The molecule has 0 amide bonds. The number of esters is 2. The van der Waals surface area contributed by atoms with Crippen molar-refractivity contribution < 1.29 is 24.3 Å². The summed E-state index contributed by atoms with van der Waals surface area (Å²) >= 11 is 0. The predicted molar refractivity (Wildman–Crippen MR) is 77.2 cm³/mol. The van der Waals surface area contributed by atoms with Gasteiger partial charge in [0.15, 0.2) is 5.92 Å². The molecule has 1 saturated carbocycles. The second kappa shape index (κ2) is 9.37. The molecule has 1 N–H and O–H groups in total. The monoisotopic (exact) mass is 299 g/mol. The van der Waals surface area contributed by atoms with E-state index < -0.39 is 23.8 Å². The molecule has 0 aromatic heterocycles. The van der Waals surface area contributed by atoms with Crippen LogP contribution in [0.4, 0.5) is 0 Å². The lowest BCUT2D eigenvalue weighted by atomic mass is 9.80. The maximum Gasteiger partial charge on any atom is 0.321 e. The maximum atomic E-state index is 12.2. The molecule has 1 fully saturated rings. The van der Waals surface area contributed by atoms with Crippen LogP contribution < -0.4 is 0 Å². The van der Waals surface area contributed by atoms with E-state index in [0.717, 1.165) is 25.7 Å². The standard InChI is InChI=1S/C15H25NO5/c1-3-20-14(17)13(15(18)21-4-2)11-9-7-5-6-8-10-12(11)16-19/h11,13,19H,3-10H2,1-2H3/b16-12+. The molecule has 6 nitrogen and oxygen atoms in total. The number of hydrogen-bond acceptors (Lipinski definition) is 6. The number of carbonyl (C=O) groups is 2. The first kappa shape index (κ1) is 17.5. The molecular weight excluding hydrogens is 274 g/mol. The Labute approximate surface area is 125 Å². The molecule has 1 aliphatic carbocycles. The van der Waals surface area contributed by atoms with Crippen LogP contribution in [0.3, 0.4) is 0 Å². The summed E-state index contributed by atoms with van der Waals surface area (Å²) in [6, 6.07) is 0. The molecule has 0 saturated heterocycles. The van der Waals surface area contributed by atoms with Crippen molar-refractivity contribution in [3.63, 3.8) is 0 Å². The van der Waals surface area contributed by atoms with Crippen molar-refractivity contribution in [3.05, 3.63) is 0 Å². The van der Waals surface area contributed by atoms with Crippen LogP contribution >= 0.6 is 0 Å². The first-order valence-corrected chi connectivity index (χ1v) is 7.69. The molecule has 1 rings (SSSR count). The number of nitrogens with zero attached hydrogens (tertiary/aromatic N) is 1. The minimum Gasteiger partial charge on any atom is -0.465 e. The van der Waals surface area contributed by atoms with Gasteiger partial charge in [0.2, 0.25) is 0 Å². The van der Waals surface area contributed by atoms with E-state index in [4.69, 9.17) is 9.47 Å². The smallest absolute Gasteiger partial charge is 0.321 e. The largest absolute Gasteiger partial charge is 0.465 e. The van der Waals surface area contributed by atoms with E-state index >= 15 is 0 Å². The first-order chi connectivity index (χ1) is 10.2. The van der Waals surface area contributed by atoms with Crippen LogP contribution in [0.15, 0.2) is 5.16 Å². The van der Waals surface area contributed by atoms with Crippen LogP contribution in [0.2, 0.25) is 0 Å². The zero-order chi connectivity index (χ0) is 15.7. The summed E-state index contributed by atoms with van der Waals surface area (Å²) in [5, 5.41) is 12.6. The average Bonchev–Trinajstić information content (AvgIpc) is 2.42. The van der Waals surface area contributed by atoms with Crippen molar-refractivity contribution in [2.24, 2.45) is 17.0 Å². The molecule has 0 radical (unpaired) electrons. The average molecular weight is 299 g/mol. The zero-order valence-corrected chi connectivity index (χ0v) is 12.8. The Hall–Kier alpha value is -1.59. The molecule has 1 aliphatic rings. The SMILES string of the molecule is CCOC(=O)C(C(=O)OCC)C1CCCCCC/C1=N\O. The second-order valence-electron chi connectivity index (χ2n) is 5.13. The number of carbonyl (C=O) groups excluding carboxylic acids is 2. The summed E-state index contributed by atoms with van der Waals surface area (Å²) in [6.07, 6.45) is 5.12. The van der Waals surface area contributed by atoms with Crippen molar-refractivity contribution in [3.8, 4) is 0 Å². The lowest BCUT2D eigenvalue weighted by Gasteiger charge is -2.26.